The van der Waals surface area contributed by atoms with Crippen molar-refractivity contribution in [3.63, 3.8) is 0 Å². The summed E-state index contributed by atoms with van der Waals surface area (Å²) in [5, 5.41) is 0.426. The minimum absolute atomic E-state index is 0.186. The van der Waals surface area contributed by atoms with E-state index in [2.05, 4.69) is 4.74 Å². The lowest BCUT2D eigenvalue weighted by molar-refractivity contribution is -0.274. The molecule has 1 saturated heterocycles. The first-order chi connectivity index (χ1) is 18.3. The number of carbonyl (C=O) groups excluding carboxylic acids is 2. The quantitative estimate of drug-likeness (QED) is 0.351. The lowest BCUT2D eigenvalue weighted by Crippen LogP contribution is -2.41. The first-order valence-electron chi connectivity index (χ1n) is 13.2. The van der Waals surface area contributed by atoms with Gasteiger partial charge in [-0.2, -0.15) is 0 Å². The zero-order valence-electron chi connectivity index (χ0n) is 22.4. The van der Waals surface area contributed by atoms with Crippen LogP contribution in [0.2, 0.25) is 5.02 Å². The van der Waals surface area contributed by atoms with Crippen LogP contribution in [0.3, 0.4) is 0 Å². The molecule has 0 spiro atoms. The van der Waals surface area contributed by atoms with E-state index in [-0.39, 0.29) is 24.3 Å². The van der Waals surface area contributed by atoms with Gasteiger partial charge in [0.15, 0.2) is 0 Å². The van der Waals surface area contributed by atoms with E-state index in [4.69, 9.17) is 16.3 Å². The number of amides is 2. The maximum atomic E-state index is 13.0. The van der Waals surface area contributed by atoms with Gasteiger partial charge in [0.25, 0.3) is 5.91 Å². The first-order valence-corrected chi connectivity index (χ1v) is 13.6. The van der Waals surface area contributed by atoms with Gasteiger partial charge in [-0.3, -0.25) is 4.79 Å². The van der Waals surface area contributed by atoms with Crippen LogP contribution in [0.25, 0.3) is 0 Å². The van der Waals surface area contributed by atoms with Gasteiger partial charge < -0.3 is 19.3 Å². The number of rotatable bonds is 7. The first kappa shape index (κ1) is 29.1. The molecule has 39 heavy (non-hydrogen) atoms. The number of nitrogens with zero attached hydrogens (tertiary/aromatic N) is 2. The van der Waals surface area contributed by atoms with Crippen molar-refractivity contribution in [1.82, 2.24) is 9.80 Å². The number of alkyl halides is 3. The average Bonchev–Trinajstić information content (AvgIpc) is 3.14. The molecule has 6 nitrogen and oxygen atoms in total. The fourth-order valence-electron chi connectivity index (χ4n) is 5.14. The van der Waals surface area contributed by atoms with Crippen LogP contribution in [0.15, 0.2) is 36.4 Å². The second-order valence-corrected chi connectivity index (χ2v) is 11.7. The van der Waals surface area contributed by atoms with Crippen LogP contribution in [-0.2, 0) is 24.2 Å². The van der Waals surface area contributed by atoms with Crippen LogP contribution in [-0.4, -0.2) is 46.9 Å². The van der Waals surface area contributed by atoms with Crippen molar-refractivity contribution in [2.75, 3.05) is 13.1 Å². The Labute approximate surface area is 232 Å². The summed E-state index contributed by atoms with van der Waals surface area (Å²) in [6, 6.07) is 9.40. The van der Waals surface area contributed by atoms with E-state index in [1.165, 1.54) is 24.3 Å². The van der Waals surface area contributed by atoms with E-state index >= 15 is 0 Å². The molecular formula is C29H34ClF3N2O4. The van der Waals surface area contributed by atoms with Gasteiger partial charge in [0.2, 0.25) is 0 Å². The molecule has 0 bridgehead atoms. The van der Waals surface area contributed by atoms with Crippen LogP contribution in [0.5, 0.6) is 5.75 Å². The Morgan fingerprint density at radius 3 is 2.33 bits per heavy atom. The predicted octanol–water partition coefficient (Wildman–Crippen LogP) is 7.36. The van der Waals surface area contributed by atoms with Crippen LogP contribution >= 0.6 is 11.6 Å². The Bertz CT molecular complexity index is 1190. The van der Waals surface area contributed by atoms with Crippen LogP contribution < -0.4 is 4.74 Å². The third-order valence-electron chi connectivity index (χ3n) is 6.97. The van der Waals surface area contributed by atoms with E-state index in [0.29, 0.717) is 41.7 Å². The molecule has 1 fully saturated rings. The number of hydrogen-bond acceptors (Lipinski definition) is 4. The second kappa shape index (κ2) is 11.7. The predicted molar refractivity (Wildman–Crippen MR) is 142 cm³/mol. The summed E-state index contributed by atoms with van der Waals surface area (Å²) in [4.78, 5) is 28.7. The highest BCUT2D eigenvalue weighted by Crippen LogP contribution is 2.33. The number of ether oxygens (including phenoxy) is 2. The van der Waals surface area contributed by atoms with Gasteiger partial charge in [0.1, 0.15) is 11.4 Å². The fraction of sp³-hybridized carbons (Fsp3) is 0.517. The molecule has 2 amide bonds. The molecule has 2 aliphatic heterocycles. The molecule has 4 rings (SSSR count). The second-order valence-electron chi connectivity index (χ2n) is 11.3. The largest absolute Gasteiger partial charge is 0.573 e. The van der Waals surface area contributed by atoms with Crippen molar-refractivity contribution >= 4 is 23.6 Å². The zero-order valence-corrected chi connectivity index (χ0v) is 23.2. The molecule has 0 saturated carbocycles. The molecule has 212 valence electrons. The summed E-state index contributed by atoms with van der Waals surface area (Å²) in [6.45, 7) is 7.68. The number of fused-ring (bicyclic) bond motifs is 1. The van der Waals surface area contributed by atoms with Crippen LogP contribution in [0.1, 0.15) is 73.5 Å². The number of hydrogen-bond donors (Lipinski definition) is 0. The van der Waals surface area contributed by atoms with Crippen LogP contribution in [0, 0.1) is 5.92 Å². The van der Waals surface area contributed by atoms with Crippen molar-refractivity contribution in [3.05, 3.63) is 63.7 Å². The van der Waals surface area contributed by atoms with Crippen molar-refractivity contribution in [2.24, 2.45) is 5.92 Å². The summed E-state index contributed by atoms with van der Waals surface area (Å²) < 4.78 is 46.6. The van der Waals surface area contributed by atoms with Gasteiger partial charge in [0.05, 0.1) is 10.6 Å². The summed E-state index contributed by atoms with van der Waals surface area (Å²) >= 11 is 6.52. The van der Waals surface area contributed by atoms with Crippen molar-refractivity contribution < 1.29 is 32.2 Å². The van der Waals surface area contributed by atoms with Crippen molar-refractivity contribution in [1.29, 1.82) is 0 Å². The summed E-state index contributed by atoms with van der Waals surface area (Å²) in [7, 11) is 0. The minimum atomic E-state index is -4.75. The Morgan fingerprint density at radius 2 is 1.72 bits per heavy atom. The lowest BCUT2D eigenvalue weighted by Gasteiger charge is -2.33. The maximum absolute atomic E-state index is 13.0. The smallest absolute Gasteiger partial charge is 0.444 e. The molecule has 0 aromatic heterocycles. The monoisotopic (exact) mass is 566 g/mol. The highest BCUT2D eigenvalue weighted by atomic mass is 35.5. The maximum Gasteiger partial charge on any atom is 0.573 e. The van der Waals surface area contributed by atoms with E-state index in [1.807, 2.05) is 32.9 Å². The topological polar surface area (TPSA) is 59.1 Å². The average molecular weight is 567 g/mol. The Kier molecular flexibility index (Phi) is 8.69. The fourth-order valence-corrected chi connectivity index (χ4v) is 5.48. The number of aryl methyl sites for hydroxylation is 1. The van der Waals surface area contributed by atoms with E-state index in [1.54, 1.807) is 9.80 Å². The SMILES string of the molecule is CC(C)(C)OC(=O)N1CCC(CCCc2cc(Cl)c3c(c2)CN(Cc2ccc(OC(F)(F)F)cc2)C3=O)CC1. The standard InChI is InChI=1S/C29H34ClF3N2O4/c1-28(2,3)39-27(37)34-13-11-19(12-14-34)5-4-6-21-15-22-18-35(26(36)25(22)24(30)16-21)17-20-7-9-23(10-8-20)38-29(31,32)33/h7-10,15-16,19H,4-6,11-14,17-18H2,1-3H3. The highest BCUT2D eigenvalue weighted by molar-refractivity contribution is 6.34. The molecule has 0 atom stereocenters. The van der Waals surface area contributed by atoms with Gasteiger partial charge in [-0.1, -0.05) is 29.8 Å². The van der Waals surface area contributed by atoms with E-state index < -0.39 is 12.0 Å². The molecular weight excluding hydrogens is 533 g/mol. The molecule has 2 aromatic carbocycles. The van der Waals surface area contributed by atoms with Crippen LogP contribution in [0.4, 0.5) is 18.0 Å². The molecule has 0 N–H and O–H groups in total. The third kappa shape index (κ3) is 8.03. The summed E-state index contributed by atoms with van der Waals surface area (Å²) in [5.41, 5.74) is 2.64. The number of halogens is 4. The zero-order chi connectivity index (χ0) is 28.4. The number of likely N-dealkylation sites (tertiary alicyclic amines) is 1. The van der Waals surface area contributed by atoms with E-state index in [0.717, 1.165) is 43.2 Å². The van der Waals surface area contributed by atoms with E-state index in [9.17, 15) is 22.8 Å². The molecule has 0 unspecified atom stereocenters. The molecule has 2 aromatic rings. The molecule has 2 heterocycles. The Balaban J connectivity index is 1.27. The molecule has 0 aliphatic carbocycles. The molecule has 0 radical (unpaired) electrons. The number of benzene rings is 2. The van der Waals surface area contributed by atoms with Gasteiger partial charge in [-0.25, -0.2) is 4.79 Å². The normalized spacial score (nSPS) is 16.4. The Morgan fingerprint density at radius 1 is 1.05 bits per heavy atom. The van der Waals surface area contributed by atoms with Gasteiger partial charge >= 0.3 is 12.5 Å². The summed E-state index contributed by atoms with van der Waals surface area (Å²) in [6.07, 6.45) is -0.208. The van der Waals surface area contributed by atoms with Gasteiger partial charge in [0, 0.05) is 26.2 Å². The minimum Gasteiger partial charge on any atom is -0.444 e. The molecule has 10 heteroatoms. The highest BCUT2D eigenvalue weighted by Gasteiger charge is 2.32. The molecule has 2 aliphatic rings. The van der Waals surface area contributed by atoms with Crippen molar-refractivity contribution in [3.8, 4) is 5.75 Å². The number of carbonyl (C=O) groups is 2. The summed E-state index contributed by atoms with van der Waals surface area (Å²) in [5.74, 6) is 0.0658. The van der Waals surface area contributed by atoms with Gasteiger partial charge in [-0.15, -0.1) is 13.2 Å². The Hall–Kier alpha value is -2.94. The number of piperidine rings is 1. The third-order valence-corrected chi connectivity index (χ3v) is 7.27. The van der Waals surface area contributed by atoms with Gasteiger partial charge in [-0.05, 0) is 93.7 Å². The lowest BCUT2D eigenvalue weighted by atomic mass is 9.90. The van der Waals surface area contributed by atoms with Crippen molar-refractivity contribution in [2.45, 2.75) is 77.9 Å².